The van der Waals surface area contributed by atoms with Crippen LogP contribution < -0.4 is 11.1 Å². The molecule has 5 nitrogen and oxygen atoms in total. The van der Waals surface area contributed by atoms with Crippen LogP contribution in [0.25, 0.3) is 0 Å². The molecule has 0 saturated heterocycles. The second kappa shape index (κ2) is 8.50. The van der Waals surface area contributed by atoms with E-state index < -0.39 is 6.29 Å². The number of nitrogens with two attached hydrogens (primary N) is 1. The highest BCUT2D eigenvalue weighted by atomic mass is 16.7. The van der Waals surface area contributed by atoms with Crippen molar-refractivity contribution in [1.82, 2.24) is 5.32 Å². The molecular weight excluding hydrogens is 208 g/mol. The Morgan fingerprint density at radius 1 is 1.38 bits per heavy atom. The Morgan fingerprint density at radius 2 is 1.94 bits per heavy atom. The maximum atomic E-state index is 11.6. The van der Waals surface area contributed by atoms with Gasteiger partial charge in [-0.05, 0) is 13.3 Å². The molecule has 0 bridgehead atoms. The van der Waals surface area contributed by atoms with Crippen molar-refractivity contribution in [3.63, 3.8) is 0 Å². The molecular formula is C11H24N2O3. The highest BCUT2D eigenvalue weighted by molar-refractivity contribution is 5.76. The fourth-order valence-electron chi connectivity index (χ4n) is 1.60. The number of amides is 1. The molecule has 16 heavy (non-hydrogen) atoms. The first-order chi connectivity index (χ1) is 7.54. The largest absolute Gasteiger partial charge is 0.354 e. The zero-order valence-corrected chi connectivity index (χ0v) is 10.7. The Labute approximate surface area is 97.7 Å². The summed E-state index contributed by atoms with van der Waals surface area (Å²) in [6, 6.07) is -0.253. The zero-order chi connectivity index (χ0) is 12.6. The third-order valence-electron chi connectivity index (χ3n) is 2.37. The Morgan fingerprint density at radius 3 is 2.38 bits per heavy atom. The molecule has 96 valence electrons. The van der Waals surface area contributed by atoms with Crippen LogP contribution in [0.4, 0.5) is 0 Å². The Hall–Kier alpha value is -0.650. The molecule has 0 aliphatic heterocycles. The summed E-state index contributed by atoms with van der Waals surface area (Å²) in [7, 11) is 3.08. The SMILES string of the molecule is CCCC(N)CC(=O)NC(C)C(OC)OC. The van der Waals surface area contributed by atoms with E-state index in [0.29, 0.717) is 6.42 Å². The second-order valence-electron chi connectivity index (χ2n) is 3.95. The number of rotatable bonds is 8. The molecule has 2 atom stereocenters. The first-order valence-corrected chi connectivity index (χ1v) is 5.65. The highest BCUT2D eigenvalue weighted by Crippen LogP contribution is 2.02. The summed E-state index contributed by atoms with van der Waals surface area (Å²) in [5, 5.41) is 2.80. The maximum Gasteiger partial charge on any atom is 0.221 e. The summed E-state index contributed by atoms with van der Waals surface area (Å²) < 4.78 is 10.1. The number of ether oxygens (including phenoxy) is 2. The van der Waals surface area contributed by atoms with E-state index in [2.05, 4.69) is 5.32 Å². The van der Waals surface area contributed by atoms with E-state index in [0.717, 1.165) is 12.8 Å². The smallest absolute Gasteiger partial charge is 0.221 e. The van der Waals surface area contributed by atoms with Gasteiger partial charge in [-0.2, -0.15) is 0 Å². The average molecular weight is 232 g/mol. The van der Waals surface area contributed by atoms with Gasteiger partial charge in [0.25, 0.3) is 0 Å². The predicted octanol–water partition coefficient (Wildman–Crippen LogP) is 0.628. The minimum atomic E-state index is -0.425. The quantitative estimate of drug-likeness (QED) is 0.602. The van der Waals surface area contributed by atoms with Crippen LogP contribution in [0.3, 0.4) is 0 Å². The van der Waals surface area contributed by atoms with Crippen LogP contribution in [0.15, 0.2) is 0 Å². The molecule has 5 heteroatoms. The van der Waals surface area contributed by atoms with E-state index >= 15 is 0 Å². The molecule has 3 N–H and O–H groups in total. The monoisotopic (exact) mass is 232 g/mol. The lowest BCUT2D eigenvalue weighted by atomic mass is 10.1. The van der Waals surface area contributed by atoms with Crippen LogP contribution in [0.2, 0.25) is 0 Å². The first-order valence-electron chi connectivity index (χ1n) is 5.65. The van der Waals surface area contributed by atoms with E-state index in [-0.39, 0.29) is 18.0 Å². The Balaban J connectivity index is 3.94. The number of carbonyl (C=O) groups excluding carboxylic acids is 1. The summed E-state index contributed by atoms with van der Waals surface area (Å²) in [5.74, 6) is -0.0625. The van der Waals surface area contributed by atoms with Gasteiger partial charge in [-0.1, -0.05) is 13.3 Å². The second-order valence-corrected chi connectivity index (χ2v) is 3.95. The van der Waals surface area contributed by atoms with E-state index in [1.165, 1.54) is 0 Å². The summed E-state index contributed by atoms with van der Waals surface area (Å²) in [6.07, 6.45) is 1.77. The Kier molecular flexibility index (Phi) is 8.15. The van der Waals surface area contributed by atoms with Crippen LogP contribution in [0.1, 0.15) is 33.1 Å². The van der Waals surface area contributed by atoms with Gasteiger partial charge in [-0.3, -0.25) is 4.79 Å². The van der Waals surface area contributed by atoms with Gasteiger partial charge in [0.1, 0.15) is 0 Å². The highest BCUT2D eigenvalue weighted by Gasteiger charge is 2.18. The fraction of sp³-hybridized carbons (Fsp3) is 0.909. The van der Waals surface area contributed by atoms with E-state index in [9.17, 15) is 4.79 Å². The molecule has 0 spiro atoms. The minimum Gasteiger partial charge on any atom is -0.354 e. The normalized spacial score (nSPS) is 14.9. The molecule has 0 aromatic heterocycles. The van der Waals surface area contributed by atoms with Crippen LogP contribution in [-0.2, 0) is 14.3 Å². The van der Waals surface area contributed by atoms with Crippen molar-refractivity contribution in [2.45, 2.75) is 51.5 Å². The molecule has 0 heterocycles. The van der Waals surface area contributed by atoms with Crippen LogP contribution >= 0.6 is 0 Å². The fourth-order valence-corrected chi connectivity index (χ4v) is 1.60. The van der Waals surface area contributed by atoms with E-state index in [4.69, 9.17) is 15.2 Å². The van der Waals surface area contributed by atoms with Crippen molar-refractivity contribution in [3.8, 4) is 0 Å². The lowest BCUT2D eigenvalue weighted by Crippen LogP contribution is -2.44. The van der Waals surface area contributed by atoms with Gasteiger partial charge in [0.05, 0.1) is 6.04 Å². The number of hydrogen-bond acceptors (Lipinski definition) is 4. The molecule has 0 aliphatic carbocycles. The average Bonchev–Trinajstić information content (AvgIpc) is 2.19. The lowest BCUT2D eigenvalue weighted by molar-refractivity contribution is -0.136. The molecule has 1 amide bonds. The number of carbonyl (C=O) groups is 1. The van der Waals surface area contributed by atoms with Crippen molar-refractivity contribution < 1.29 is 14.3 Å². The molecule has 0 rings (SSSR count). The molecule has 0 aromatic carbocycles. The van der Waals surface area contributed by atoms with Gasteiger partial charge in [-0.25, -0.2) is 0 Å². The summed E-state index contributed by atoms with van der Waals surface area (Å²) >= 11 is 0. The Bertz CT molecular complexity index is 196. The summed E-state index contributed by atoms with van der Waals surface area (Å²) in [5.41, 5.74) is 5.78. The number of methoxy groups -OCH3 is 2. The molecule has 0 aromatic rings. The topological polar surface area (TPSA) is 73.6 Å². The van der Waals surface area contributed by atoms with Gasteiger partial charge in [0.15, 0.2) is 6.29 Å². The van der Waals surface area contributed by atoms with E-state index in [1.807, 2.05) is 13.8 Å². The third-order valence-corrected chi connectivity index (χ3v) is 2.37. The van der Waals surface area contributed by atoms with Gasteiger partial charge in [-0.15, -0.1) is 0 Å². The molecule has 2 unspecified atom stereocenters. The first kappa shape index (κ1) is 15.3. The van der Waals surface area contributed by atoms with Crippen LogP contribution in [-0.4, -0.2) is 38.5 Å². The van der Waals surface area contributed by atoms with E-state index in [1.54, 1.807) is 14.2 Å². The van der Waals surface area contributed by atoms with Gasteiger partial charge in [0, 0.05) is 26.7 Å². The summed E-state index contributed by atoms with van der Waals surface area (Å²) in [4.78, 5) is 11.6. The molecule has 0 aliphatic rings. The van der Waals surface area contributed by atoms with Crippen molar-refractivity contribution in [2.75, 3.05) is 14.2 Å². The van der Waals surface area contributed by atoms with Crippen molar-refractivity contribution in [1.29, 1.82) is 0 Å². The van der Waals surface area contributed by atoms with Crippen molar-refractivity contribution in [3.05, 3.63) is 0 Å². The molecule has 0 fully saturated rings. The number of hydrogen-bond donors (Lipinski definition) is 2. The third kappa shape index (κ3) is 6.05. The minimum absolute atomic E-state index is 0.0625. The van der Waals surface area contributed by atoms with Crippen LogP contribution in [0.5, 0.6) is 0 Å². The van der Waals surface area contributed by atoms with Crippen molar-refractivity contribution >= 4 is 5.91 Å². The molecule has 0 radical (unpaired) electrons. The molecule has 0 saturated carbocycles. The van der Waals surface area contributed by atoms with Gasteiger partial charge < -0.3 is 20.5 Å². The van der Waals surface area contributed by atoms with Gasteiger partial charge >= 0.3 is 0 Å². The zero-order valence-electron chi connectivity index (χ0n) is 10.7. The summed E-state index contributed by atoms with van der Waals surface area (Å²) in [6.45, 7) is 3.88. The standard InChI is InChI=1S/C11H24N2O3/c1-5-6-9(12)7-10(14)13-8(2)11(15-3)16-4/h8-9,11H,5-7,12H2,1-4H3,(H,13,14). The van der Waals surface area contributed by atoms with Crippen LogP contribution in [0, 0.1) is 0 Å². The van der Waals surface area contributed by atoms with Gasteiger partial charge in [0.2, 0.25) is 5.91 Å². The van der Waals surface area contributed by atoms with Crippen molar-refractivity contribution in [2.24, 2.45) is 5.73 Å². The predicted molar refractivity (Wildman–Crippen MR) is 62.9 cm³/mol. The lowest BCUT2D eigenvalue weighted by Gasteiger charge is -2.22. The number of nitrogens with one attached hydrogen (secondary N) is 1. The maximum absolute atomic E-state index is 11.6.